The second kappa shape index (κ2) is 13.3. The maximum atomic E-state index is 13.1. The Kier molecular flexibility index (Phi) is 8.97. The number of pyridine rings is 1. The predicted octanol–water partition coefficient (Wildman–Crippen LogP) is 4.80. The zero-order valence-corrected chi connectivity index (χ0v) is 27.1. The van der Waals surface area contributed by atoms with Crippen molar-refractivity contribution in [2.24, 2.45) is 5.92 Å². The lowest BCUT2D eigenvalue weighted by Crippen LogP contribution is -2.60. The van der Waals surface area contributed by atoms with Gasteiger partial charge in [0.05, 0.1) is 33.0 Å². The third-order valence-electron chi connectivity index (χ3n) is 9.42. The van der Waals surface area contributed by atoms with Crippen LogP contribution in [-0.4, -0.2) is 90.6 Å². The van der Waals surface area contributed by atoms with E-state index in [9.17, 15) is 14.7 Å². The van der Waals surface area contributed by atoms with Gasteiger partial charge in [-0.05, 0) is 62.8 Å². The molecule has 1 aliphatic heterocycles. The molecule has 1 aromatic carbocycles. The number of rotatable bonds is 8. The molecule has 46 heavy (non-hydrogen) atoms. The molecule has 1 saturated heterocycles. The monoisotopic (exact) mass is 661 g/mol. The number of thiazole rings is 1. The summed E-state index contributed by atoms with van der Waals surface area (Å²) in [5.41, 5.74) is 3.15. The van der Waals surface area contributed by atoms with Crippen molar-refractivity contribution in [3.05, 3.63) is 65.5 Å². The first-order chi connectivity index (χ1) is 22.3. The number of hydrogen-bond acceptors (Lipinski definition) is 10. The molecule has 7 rings (SSSR count). The molecule has 4 heterocycles. The molecule has 2 saturated carbocycles. The van der Waals surface area contributed by atoms with E-state index in [1.807, 2.05) is 23.1 Å². The first kappa shape index (κ1) is 31.1. The van der Waals surface area contributed by atoms with Gasteiger partial charge in [0.2, 0.25) is 5.91 Å². The van der Waals surface area contributed by atoms with Crippen molar-refractivity contribution in [1.29, 1.82) is 0 Å². The molecule has 0 spiro atoms. The van der Waals surface area contributed by atoms with E-state index < -0.39 is 6.10 Å². The van der Waals surface area contributed by atoms with Gasteiger partial charge in [-0.15, -0.1) is 0 Å². The Labute approximate surface area is 276 Å². The average molecular weight is 662 g/mol. The van der Waals surface area contributed by atoms with Crippen molar-refractivity contribution in [3.63, 3.8) is 0 Å². The maximum absolute atomic E-state index is 13.1. The molecule has 3 atom stereocenters. The maximum Gasteiger partial charge on any atom is 0.255 e. The number of halogens is 1. The number of aliphatic hydroxyl groups is 1. The third kappa shape index (κ3) is 6.50. The number of hydrogen-bond donors (Lipinski definition) is 2. The van der Waals surface area contributed by atoms with E-state index in [1.165, 1.54) is 17.5 Å². The molecule has 2 N–H and O–H groups in total. The van der Waals surface area contributed by atoms with Crippen LogP contribution >= 0.6 is 22.9 Å². The van der Waals surface area contributed by atoms with Crippen LogP contribution in [0, 0.1) is 5.92 Å². The molecule has 3 fully saturated rings. The summed E-state index contributed by atoms with van der Waals surface area (Å²) in [4.78, 5) is 47.9. The van der Waals surface area contributed by atoms with E-state index in [0.29, 0.717) is 40.7 Å². The quantitative estimate of drug-likeness (QED) is 0.273. The Balaban J connectivity index is 0.904. The van der Waals surface area contributed by atoms with Crippen LogP contribution in [0.3, 0.4) is 0 Å². The third-order valence-corrected chi connectivity index (χ3v) is 10.7. The highest BCUT2D eigenvalue weighted by molar-refractivity contribution is 7.22. The van der Waals surface area contributed by atoms with Crippen molar-refractivity contribution in [3.8, 4) is 11.1 Å². The highest BCUT2D eigenvalue weighted by atomic mass is 35.5. The molecule has 240 valence electrons. The van der Waals surface area contributed by atoms with Crippen LogP contribution in [0.25, 0.3) is 21.3 Å². The molecule has 11 nitrogen and oxygen atoms in total. The zero-order valence-electron chi connectivity index (χ0n) is 25.5. The highest BCUT2D eigenvalue weighted by Gasteiger charge is 2.41. The molecule has 0 radical (unpaired) electrons. The lowest BCUT2D eigenvalue weighted by Gasteiger charge is -2.49. The standard InChI is InChI=1S/C33H36ClN7O4S/c1-19-17-40(32(44)24-7-8-35-16-25(24)34)9-10-41(19)23-11-21(12-23)31(43)39-33-38-26-6-5-20(13-29(26)46-33)22-14-36-30(37-15-22)18-45-28-4-2-3-27(28)42/h5-8,13-16,19,21,23,27-28,42H,2-4,9-12,17-18H2,1H3,(H,38,39,43)/t19-,21-,23+,27-,28-/m0/s1. The minimum atomic E-state index is -0.403. The summed E-state index contributed by atoms with van der Waals surface area (Å²) in [5, 5.41) is 14.0. The number of piperazine rings is 1. The molecule has 0 unspecified atom stereocenters. The Hall–Kier alpha value is -3.55. The van der Waals surface area contributed by atoms with Gasteiger partial charge in [0, 0.05) is 68.0 Å². The first-order valence-corrected chi connectivity index (χ1v) is 17.0. The number of carbonyl (C=O) groups is 2. The summed E-state index contributed by atoms with van der Waals surface area (Å²) in [5.74, 6) is 0.455. The van der Waals surface area contributed by atoms with Gasteiger partial charge in [0.1, 0.15) is 6.61 Å². The number of amides is 2. The van der Waals surface area contributed by atoms with Gasteiger partial charge >= 0.3 is 0 Å². The minimum absolute atomic E-state index is 0.000607. The summed E-state index contributed by atoms with van der Waals surface area (Å²) >= 11 is 7.66. The summed E-state index contributed by atoms with van der Waals surface area (Å²) < 4.78 is 6.77. The molecule has 2 amide bonds. The number of ether oxygens (including phenoxy) is 1. The number of aromatic nitrogens is 4. The second-order valence-corrected chi connectivity index (χ2v) is 13.9. The fourth-order valence-corrected chi connectivity index (χ4v) is 7.82. The average Bonchev–Trinajstić information content (AvgIpc) is 3.64. The first-order valence-electron chi connectivity index (χ1n) is 15.8. The van der Waals surface area contributed by atoms with Crippen molar-refractivity contribution < 1.29 is 19.4 Å². The van der Waals surface area contributed by atoms with Gasteiger partial charge in [-0.25, -0.2) is 15.0 Å². The molecular formula is C33H36ClN7O4S. The Morgan fingerprint density at radius 2 is 1.93 bits per heavy atom. The van der Waals surface area contributed by atoms with Crippen molar-refractivity contribution in [2.45, 2.75) is 69.9 Å². The van der Waals surface area contributed by atoms with Gasteiger partial charge < -0.3 is 20.1 Å². The Morgan fingerprint density at radius 1 is 1.11 bits per heavy atom. The lowest BCUT2D eigenvalue weighted by atomic mass is 9.78. The van der Waals surface area contributed by atoms with E-state index in [2.05, 4.69) is 37.1 Å². The van der Waals surface area contributed by atoms with Crippen LogP contribution in [0.4, 0.5) is 5.13 Å². The number of benzene rings is 1. The zero-order chi connectivity index (χ0) is 31.8. The SMILES string of the molecule is C[C@H]1CN(C(=O)c2ccncc2Cl)CCN1[C@H]1C[C@@H](C(=O)Nc2nc3ccc(-c4cnc(CO[C@H]5CCC[C@@H]5O)nc4)cc3s2)C1. The molecular weight excluding hydrogens is 626 g/mol. The number of carbonyl (C=O) groups excluding carboxylic acids is 2. The van der Waals surface area contributed by atoms with Gasteiger partial charge in [-0.2, -0.15) is 0 Å². The second-order valence-electron chi connectivity index (χ2n) is 12.4. The van der Waals surface area contributed by atoms with Gasteiger partial charge in [0.15, 0.2) is 11.0 Å². The number of fused-ring (bicyclic) bond motifs is 1. The predicted molar refractivity (Wildman–Crippen MR) is 176 cm³/mol. The van der Waals surface area contributed by atoms with Crippen LogP contribution < -0.4 is 5.32 Å². The van der Waals surface area contributed by atoms with Gasteiger partial charge in [0.25, 0.3) is 5.91 Å². The molecule has 3 aromatic heterocycles. The smallest absolute Gasteiger partial charge is 0.255 e. The molecule has 13 heteroatoms. The van der Waals surface area contributed by atoms with Crippen LogP contribution in [0.1, 0.15) is 55.2 Å². The summed E-state index contributed by atoms with van der Waals surface area (Å²) in [6, 6.07) is 8.14. The van der Waals surface area contributed by atoms with Crippen LogP contribution in [0.5, 0.6) is 0 Å². The number of anilines is 1. The number of nitrogens with zero attached hydrogens (tertiary/aromatic N) is 6. The summed E-state index contributed by atoms with van der Waals surface area (Å²) in [6.45, 7) is 4.42. The summed E-state index contributed by atoms with van der Waals surface area (Å²) in [7, 11) is 0. The van der Waals surface area contributed by atoms with Gasteiger partial charge in [-0.3, -0.25) is 19.5 Å². The van der Waals surface area contributed by atoms with Crippen molar-refractivity contribution >= 4 is 50.1 Å². The van der Waals surface area contributed by atoms with E-state index in [4.69, 9.17) is 16.3 Å². The topological polar surface area (TPSA) is 134 Å². The molecule has 2 aliphatic carbocycles. The highest BCUT2D eigenvalue weighted by Crippen LogP contribution is 2.36. The fraction of sp³-hybridized carbons (Fsp3) is 0.455. The van der Waals surface area contributed by atoms with Crippen molar-refractivity contribution in [2.75, 3.05) is 25.0 Å². The Morgan fingerprint density at radius 3 is 2.67 bits per heavy atom. The molecule has 4 aromatic rings. The van der Waals surface area contributed by atoms with E-state index >= 15 is 0 Å². The van der Waals surface area contributed by atoms with E-state index in [-0.39, 0.29) is 36.5 Å². The molecule has 0 bridgehead atoms. The fourth-order valence-electron chi connectivity index (χ4n) is 6.72. The van der Waals surface area contributed by atoms with Crippen LogP contribution in [0.15, 0.2) is 49.1 Å². The number of nitrogens with one attached hydrogen (secondary N) is 1. The van der Waals surface area contributed by atoms with Crippen molar-refractivity contribution in [1.82, 2.24) is 29.7 Å². The van der Waals surface area contributed by atoms with Crippen LogP contribution in [0.2, 0.25) is 5.02 Å². The largest absolute Gasteiger partial charge is 0.390 e. The lowest BCUT2D eigenvalue weighted by molar-refractivity contribution is -0.125. The van der Waals surface area contributed by atoms with Crippen LogP contribution in [-0.2, 0) is 16.1 Å². The molecule has 3 aliphatic rings. The van der Waals surface area contributed by atoms with E-state index in [0.717, 1.165) is 60.0 Å². The minimum Gasteiger partial charge on any atom is -0.390 e. The number of aliphatic hydroxyl groups excluding tert-OH is 1. The van der Waals surface area contributed by atoms with Gasteiger partial charge in [-0.1, -0.05) is 29.0 Å². The Bertz CT molecular complexity index is 1730. The normalized spacial score (nSPS) is 25.0. The summed E-state index contributed by atoms with van der Waals surface area (Å²) in [6.07, 6.45) is 10.3. The van der Waals surface area contributed by atoms with E-state index in [1.54, 1.807) is 24.7 Å².